The van der Waals surface area contributed by atoms with E-state index in [0.29, 0.717) is 12.2 Å². The molecule has 2 aromatic heterocycles. The van der Waals surface area contributed by atoms with Gasteiger partial charge in [0.25, 0.3) is 5.91 Å². The second-order valence-corrected chi connectivity index (χ2v) is 8.13. The van der Waals surface area contributed by atoms with E-state index >= 15 is 0 Å². The topological polar surface area (TPSA) is 68.0 Å². The summed E-state index contributed by atoms with van der Waals surface area (Å²) in [5, 5.41) is 5.40. The minimum Gasteiger partial charge on any atom is -0.349 e. The number of aromatic nitrogens is 1. The van der Waals surface area contributed by atoms with Gasteiger partial charge in [0.2, 0.25) is 0 Å². The number of nitrogens with zero attached hydrogens (tertiary/aromatic N) is 1. The quantitative estimate of drug-likeness (QED) is 0.880. The number of halogens is 1. The largest absolute Gasteiger partial charge is 0.349 e. The van der Waals surface area contributed by atoms with E-state index in [1.165, 1.54) is 11.3 Å². The van der Waals surface area contributed by atoms with Crippen LogP contribution in [-0.2, 0) is 0 Å². The lowest BCUT2D eigenvalue weighted by Crippen LogP contribution is -2.45. The van der Waals surface area contributed by atoms with Crippen molar-refractivity contribution < 1.29 is 4.79 Å². The summed E-state index contributed by atoms with van der Waals surface area (Å²) in [5.41, 5.74) is 5.84. The smallest absolute Gasteiger partial charge is 0.270 e. The highest BCUT2D eigenvalue weighted by molar-refractivity contribution is 9.11. The van der Waals surface area contributed by atoms with Crippen molar-refractivity contribution in [3.05, 3.63) is 27.0 Å². The van der Waals surface area contributed by atoms with Gasteiger partial charge in [-0.05, 0) is 41.9 Å². The number of nitrogens with two attached hydrogens (primary N) is 1. The fourth-order valence-corrected chi connectivity index (χ4v) is 3.58. The highest BCUT2D eigenvalue weighted by Gasteiger charge is 2.16. The Hall–Kier alpha value is -0.760. The molecule has 19 heavy (non-hydrogen) atoms. The first-order chi connectivity index (χ1) is 8.85. The Morgan fingerprint density at radius 3 is 2.84 bits per heavy atom. The molecule has 0 aliphatic carbocycles. The number of rotatable bonds is 4. The van der Waals surface area contributed by atoms with Crippen molar-refractivity contribution in [3.63, 3.8) is 0 Å². The summed E-state index contributed by atoms with van der Waals surface area (Å²) in [6, 6.07) is 3.95. The third kappa shape index (κ3) is 4.10. The molecule has 0 saturated carbocycles. The predicted molar refractivity (Wildman–Crippen MR) is 83.7 cm³/mol. The van der Waals surface area contributed by atoms with Crippen molar-refractivity contribution >= 4 is 44.5 Å². The molecule has 0 fully saturated rings. The summed E-state index contributed by atoms with van der Waals surface area (Å²) < 4.78 is 1.05. The molecular formula is C12H14BrN3OS2. The molecule has 2 heterocycles. The molecule has 0 saturated heterocycles. The second-order valence-electron chi connectivity index (χ2n) is 4.81. The molecule has 0 unspecified atom stereocenters. The standard InChI is InChI=1S/C12H14BrN3OS2/c1-12(2,14)6-15-10(17)7-5-18-11(16-7)8-3-4-9(13)19-8/h3-5H,6,14H2,1-2H3,(H,15,17). The Morgan fingerprint density at radius 1 is 1.53 bits per heavy atom. The molecule has 7 heteroatoms. The van der Waals surface area contributed by atoms with Crippen LogP contribution in [0.4, 0.5) is 0 Å². The van der Waals surface area contributed by atoms with Crippen molar-refractivity contribution in [2.45, 2.75) is 19.4 Å². The van der Waals surface area contributed by atoms with E-state index in [9.17, 15) is 4.79 Å². The van der Waals surface area contributed by atoms with E-state index in [4.69, 9.17) is 5.73 Å². The van der Waals surface area contributed by atoms with Gasteiger partial charge in [-0.1, -0.05) is 0 Å². The van der Waals surface area contributed by atoms with E-state index in [0.717, 1.165) is 13.7 Å². The van der Waals surface area contributed by atoms with Crippen LogP contribution in [0, 0.1) is 0 Å². The van der Waals surface area contributed by atoms with Gasteiger partial charge in [0.05, 0.1) is 8.66 Å². The summed E-state index contributed by atoms with van der Waals surface area (Å²) in [6.07, 6.45) is 0. The lowest BCUT2D eigenvalue weighted by Gasteiger charge is -2.18. The number of nitrogens with one attached hydrogen (secondary N) is 1. The molecular weight excluding hydrogens is 346 g/mol. The number of hydrogen-bond acceptors (Lipinski definition) is 5. The molecule has 0 aliphatic rings. The first-order valence-corrected chi connectivity index (χ1v) is 8.12. The maximum atomic E-state index is 11.9. The maximum Gasteiger partial charge on any atom is 0.270 e. The van der Waals surface area contributed by atoms with Crippen LogP contribution >= 0.6 is 38.6 Å². The fourth-order valence-electron chi connectivity index (χ4n) is 1.32. The van der Waals surface area contributed by atoms with Crippen LogP contribution in [0.1, 0.15) is 24.3 Å². The van der Waals surface area contributed by atoms with Gasteiger partial charge in [0.15, 0.2) is 0 Å². The lowest BCUT2D eigenvalue weighted by molar-refractivity contribution is 0.0942. The lowest BCUT2D eigenvalue weighted by atomic mass is 10.1. The van der Waals surface area contributed by atoms with Crippen molar-refractivity contribution in [1.29, 1.82) is 0 Å². The molecule has 0 aliphatic heterocycles. The molecule has 2 aromatic rings. The maximum absolute atomic E-state index is 11.9. The van der Waals surface area contributed by atoms with Gasteiger partial charge in [0.1, 0.15) is 10.7 Å². The summed E-state index contributed by atoms with van der Waals surface area (Å²) in [4.78, 5) is 17.3. The third-order valence-electron chi connectivity index (χ3n) is 2.23. The van der Waals surface area contributed by atoms with E-state index in [1.54, 1.807) is 16.7 Å². The number of thiazole rings is 1. The van der Waals surface area contributed by atoms with E-state index in [2.05, 4.69) is 26.2 Å². The zero-order valence-corrected chi connectivity index (χ0v) is 13.8. The first-order valence-electron chi connectivity index (χ1n) is 5.63. The van der Waals surface area contributed by atoms with Gasteiger partial charge >= 0.3 is 0 Å². The van der Waals surface area contributed by atoms with Crippen molar-refractivity contribution in [1.82, 2.24) is 10.3 Å². The van der Waals surface area contributed by atoms with Crippen LogP contribution in [0.5, 0.6) is 0 Å². The Balaban J connectivity index is 2.07. The predicted octanol–water partition coefficient (Wildman–Crippen LogP) is 3.10. The van der Waals surface area contributed by atoms with Crippen LogP contribution in [0.25, 0.3) is 9.88 Å². The molecule has 0 spiro atoms. The number of carbonyl (C=O) groups excluding carboxylic acids is 1. The number of hydrogen-bond donors (Lipinski definition) is 2. The van der Waals surface area contributed by atoms with E-state index < -0.39 is 5.54 Å². The molecule has 3 N–H and O–H groups in total. The number of amides is 1. The Bertz CT molecular complexity index is 586. The van der Waals surface area contributed by atoms with Crippen molar-refractivity contribution in [2.24, 2.45) is 5.73 Å². The van der Waals surface area contributed by atoms with Gasteiger partial charge in [0, 0.05) is 17.5 Å². The normalized spacial score (nSPS) is 11.6. The monoisotopic (exact) mass is 359 g/mol. The van der Waals surface area contributed by atoms with Crippen LogP contribution in [-0.4, -0.2) is 23.0 Å². The molecule has 4 nitrogen and oxygen atoms in total. The Labute approximate surface area is 128 Å². The third-order valence-corrected chi connectivity index (χ3v) is 4.86. The summed E-state index contributed by atoms with van der Waals surface area (Å²) in [6.45, 7) is 4.15. The molecule has 0 radical (unpaired) electrons. The van der Waals surface area contributed by atoms with Gasteiger partial charge in [-0.15, -0.1) is 22.7 Å². The zero-order chi connectivity index (χ0) is 14.0. The molecule has 1 amide bonds. The summed E-state index contributed by atoms with van der Waals surface area (Å²) in [7, 11) is 0. The van der Waals surface area contributed by atoms with E-state index in [1.807, 2.05) is 26.0 Å². The van der Waals surface area contributed by atoms with Crippen LogP contribution in [0.3, 0.4) is 0 Å². The molecule has 102 valence electrons. The number of carbonyl (C=O) groups is 1. The van der Waals surface area contributed by atoms with Crippen LogP contribution in [0.2, 0.25) is 0 Å². The SMILES string of the molecule is CC(C)(N)CNC(=O)c1csc(-c2ccc(Br)s2)n1. The number of thiophene rings is 1. The molecule has 0 aromatic carbocycles. The molecule has 0 atom stereocenters. The van der Waals surface area contributed by atoms with E-state index in [-0.39, 0.29) is 5.91 Å². The zero-order valence-electron chi connectivity index (χ0n) is 10.6. The Morgan fingerprint density at radius 2 is 2.26 bits per heavy atom. The van der Waals surface area contributed by atoms with Crippen molar-refractivity contribution in [3.8, 4) is 9.88 Å². The van der Waals surface area contributed by atoms with Gasteiger partial charge in [-0.25, -0.2) is 4.98 Å². The average molecular weight is 360 g/mol. The highest BCUT2D eigenvalue weighted by Crippen LogP contribution is 2.33. The minimum atomic E-state index is -0.423. The van der Waals surface area contributed by atoms with Crippen molar-refractivity contribution in [2.75, 3.05) is 6.54 Å². The molecule has 0 bridgehead atoms. The molecule has 2 rings (SSSR count). The van der Waals surface area contributed by atoms with Crippen LogP contribution < -0.4 is 11.1 Å². The Kier molecular flexibility index (Phi) is 4.39. The summed E-state index contributed by atoms with van der Waals surface area (Å²) >= 11 is 6.47. The second kappa shape index (κ2) is 5.70. The van der Waals surface area contributed by atoms with Gasteiger partial charge in [-0.2, -0.15) is 0 Å². The van der Waals surface area contributed by atoms with Crippen LogP contribution in [0.15, 0.2) is 21.3 Å². The minimum absolute atomic E-state index is 0.184. The average Bonchev–Trinajstić information content (AvgIpc) is 2.93. The fraction of sp³-hybridized carbons (Fsp3) is 0.333. The van der Waals surface area contributed by atoms with Gasteiger partial charge in [-0.3, -0.25) is 4.79 Å². The van der Waals surface area contributed by atoms with Gasteiger partial charge < -0.3 is 11.1 Å². The first kappa shape index (κ1) is 14.6. The summed E-state index contributed by atoms with van der Waals surface area (Å²) in [5.74, 6) is -0.184. The highest BCUT2D eigenvalue weighted by atomic mass is 79.9.